The highest BCUT2D eigenvalue weighted by Crippen LogP contribution is 2.20. The lowest BCUT2D eigenvalue weighted by Crippen LogP contribution is -2.21. The Balaban J connectivity index is 2.16. The maximum Gasteiger partial charge on any atom is 0.0866 e. The largest absolute Gasteiger partial charge is 0.310 e. The van der Waals surface area contributed by atoms with Gasteiger partial charge in [-0.2, -0.15) is 10.2 Å². The Morgan fingerprint density at radius 1 is 1.25 bits per heavy atom. The molecule has 0 aliphatic heterocycles. The van der Waals surface area contributed by atoms with Gasteiger partial charge in [-0.15, -0.1) is 0 Å². The molecular weight excluding hydrogens is 274 g/mol. The summed E-state index contributed by atoms with van der Waals surface area (Å²) in [6.07, 6.45) is 2.07. The molecule has 1 N–H and O–H groups in total. The molecule has 110 valence electrons. The minimum Gasteiger partial charge on any atom is -0.310 e. The predicted octanol–water partition coefficient (Wildman–Crippen LogP) is 2.43. The van der Waals surface area contributed by atoms with Crippen LogP contribution in [0.1, 0.15) is 36.5 Å². The molecule has 0 aliphatic carbocycles. The molecule has 0 saturated carbocycles. The number of hydrogen-bond donors (Lipinski definition) is 1. The van der Waals surface area contributed by atoms with Crippen LogP contribution in [0, 0.1) is 13.8 Å². The zero-order chi connectivity index (χ0) is 14.9. The molecular formula is C14H22ClN5. The molecule has 0 bridgehead atoms. The van der Waals surface area contributed by atoms with E-state index in [0.717, 1.165) is 28.6 Å². The van der Waals surface area contributed by atoms with Crippen molar-refractivity contribution in [3.05, 3.63) is 33.9 Å². The van der Waals surface area contributed by atoms with E-state index in [9.17, 15) is 0 Å². The van der Waals surface area contributed by atoms with Gasteiger partial charge in [0.05, 0.1) is 28.6 Å². The van der Waals surface area contributed by atoms with Crippen LogP contribution in [0.5, 0.6) is 0 Å². The predicted molar refractivity (Wildman–Crippen MR) is 81.0 cm³/mol. The van der Waals surface area contributed by atoms with Crippen LogP contribution in [0.3, 0.4) is 0 Å². The van der Waals surface area contributed by atoms with Crippen LogP contribution < -0.4 is 5.32 Å². The van der Waals surface area contributed by atoms with Gasteiger partial charge in [0.2, 0.25) is 0 Å². The third kappa shape index (κ3) is 3.22. The van der Waals surface area contributed by atoms with E-state index in [4.69, 9.17) is 11.6 Å². The minimum atomic E-state index is 0.465. The molecule has 0 spiro atoms. The average molecular weight is 296 g/mol. The van der Waals surface area contributed by atoms with E-state index in [1.807, 2.05) is 30.3 Å². The van der Waals surface area contributed by atoms with Gasteiger partial charge in [0.15, 0.2) is 0 Å². The van der Waals surface area contributed by atoms with Gasteiger partial charge in [-0.05, 0) is 13.8 Å². The summed E-state index contributed by atoms with van der Waals surface area (Å²) < 4.78 is 3.75. The highest BCUT2D eigenvalue weighted by atomic mass is 35.5. The Kier molecular flexibility index (Phi) is 4.50. The number of aryl methyl sites for hydroxylation is 3. The van der Waals surface area contributed by atoms with Crippen LogP contribution in [0.25, 0.3) is 0 Å². The molecule has 0 aromatic carbocycles. The van der Waals surface area contributed by atoms with Crippen molar-refractivity contribution in [3.8, 4) is 0 Å². The van der Waals surface area contributed by atoms with E-state index in [1.165, 1.54) is 5.56 Å². The second kappa shape index (κ2) is 5.97. The fourth-order valence-electron chi connectivity index (χ4n) is 2.13. The third-order valence-electron chi connectivity index (χ3n) is 3.32. The lowest BCUT2D eigenvalue weighted by Gasteiger charge is -2.06. The number of aromatic nitrogens is 4. The Hall–Kier alpha value is -1.33. The molecule has 0 aliphatic rings. The Bertz CT molecular complexity index is 597. The molecule has 0 unspecified atom stereocenters. The minimum absolute atomic E-state index is 0.465. The summed E-state index contributed by atoms with van der Waals surface area (Å²) in [5.74, 6) is 0. The Labute approximate surface area is 124 Å². The first kappa shape index (κ1) is 15.1. The molecule has 2 aromatic rings. The number of nitrogens with one attached hydrogen (secondary N) is 1. The van der Waals surface area contributed by atoms with Crippen LogP contribution in [-0.2, 0) is 20.1 Å². The molecule has 0 amide bonds. The molecule has 0 fully saturated rings. The molecule has 2 rings (SSSR count). The molecule has 5 nitrogen and oxygen atoms in total. The number of rotatable bonds is 5. The van der Waals surface area contributed by atoms with Crippen LogP contribution in [-0.4, -0.2) is 25.6 Å². The maximum atomic E-state index is 6.28. The van der Waals surface area contributed by atoms with Crippen molar-refractivity contribution in [1.29, 1.82) is 0 Å². The number of nitrogens with zero attached hydrogens (tertiary/aromatic N) is 4. The van der Waals surface area contributed by atoms with Gasteiger partial charge >= 0.3 is 0 Å². The second-order valence-electron chi connectivity index (χ2n) is 5.44. The highest BCUT2D eigenvalue weighted by molar-refractivity contribution is 6.31. The van der Waals surface area contributed by atoms with Crippen LogP contribution in [0.2, 0.25) is 5.02 Å². The van der Waals surface area contributed by atoms with Crippen LogP contribution >= 0.6 is 11.6 Å². The summed E-state index contributed by atoms with van der Waals surface area (Å²) in [4.78, 5) is 0. The molecule has 0 saturated heterocycles. The summed E-state index contributed by atoms with van der Waals surface area (Å²) >= 11 is 6.28. The standard InChI is InChI=1S/C14H22ClN5/c1-9(2)16-6-12-7-20(18-10(12)3)8-13-14(15)11(4)17-19(13)5/h7,9,16H,6,8H2,1-5H3. The zero-order valence-corrected chi connectivity index (χ0v) is 13.5. The van der Waals surface area contributed by atoms with Crippen molar-refractivity contribution in [2.75, 3.05) is 0 Å². The van der Waals surface area contributed by atoms with Crippen molar-refractivity contribution in [1.82, 2.24) is 24.9 Å². The summed E-state index contributed by atoms with van der Waals surface area (Å²) in [5.41, 5.74) is 4.10. The van der Waals surface area contributed by atoms with E-state index >= 15 is 0 Å². The van der Waals surface area contributed by atoms with E-state index in [-0.39, 0.29) is 0 Å². The molecule has 20 heavy (non-hydrogen) atoms. The lowest BCUT2D eigenvalue weighted by molar-refractivity contribution is 0.586. The summed E-state index contributed by atoms with van der Waals surface area (Å²) in [5, 5.41) is 13.0. The summed E-state index contributed by atoms with van der Waals surface area (Å²) in [6, 6.07) is 0.465. The van der Waals surface area contributed by atoms with Gasteiger partial charge in [-0.25, -0.2) is 0 Å². The highest BCUT2D eigenvalue weighted by Gasteiger charge is 2.13. The van der Waals surface area contributed by atoms with E-state index in [2.05, 4.69) is 35.6 Å². The van der Waals surface area contributed by atoms with E-state index < -0.39 is 0 Å². The Morgan fingerprint density at radius 2 is 1.95 bits per heavy atom. The van der Waals surface area contributed by atoms with E-state index in [0.29, 0.717) is 12.6 Å². The van der Waals surface area contributed by atoms with Gasteiger partial charge in [0.25, 0.3) is 0 Å². The fraction of sp³-hybridized carbons (Fsp3) is 0.571. The zero-order valence-electron chi connectivity index (χ0n) is 12.7. The fourth-order valence-corrected chi connectivity index (χ4v) is 2.35. The first-order valence-corrected chi connectivity index (χ1v) is 7.20. The van der Waals surface area contributed by atoms with Gasteiger partial charge < -0.3 is 5.32 Å². The molecule has 2 heterocycles. The average Bonchev–Trinajstić information content (AvgIpc) is 2.82. The monoisotopic (exact) mass is 295 g/mol. The number of hydrogen-bond acceptors (Lipinski definition) is 3. The smallest absolute Gasteiger partial charge is 0.0866 e. The van der Waals surface area contributed by atoms with Gasteiger partial charge in [0.1, 0.15) is 0 Å². The van der Waals surface area contributed by atoms with Gasteiger partial charge in [0, 0.05) is 31.4 Å². The first-order chi connectivity index (χ1) is 9.38. The summed E-state index contributed by atoms with van der Waals surface area (Å²) in [6.45, 7) is 9.69. The lowest BCUT2D eigenvalue weighted by atomic mass is 10.2. The van der Waals surface area contributed by atoms with Crippen LogP contribution in [0.4, 0.5) is 0 Å². The molecule has 6 heteroatoms. The maximum absolute atomic E-state index is 6.28. The first-order valence-electron chi connectivity index (χ1n) is 6.82. The van der Waals surface area contributed by atoms with Gasteiger partial charge in [-0.3, -0.25) is 9.36 Å². The van der Waals surface area contributed by atoms with Crippen molar-refractivity contribution in [2.45, 2.75) is 46.8 Å². The topological polar surface area (TPSA) is 47.7 Å². The van der Waals surface area contributed by atoms with Crippen molar-refractivity contribution in [3.63, 3.8) is 0 Å². The summed E-state index contributed by atoms with van der Waals surface area (Å²) in [7, 11) is 1.91. The van der Waals surface area contributed by atoms with Crippen molar-refractivity contribution < 1.29 is 0 Å². The van der Waals surface area contributed by atoms with Crippen molar-refractivity contribution in [2.24, 2.45) is 7.05 Å². The van der Waals surface area contributed by atoms with Gasteiger partial charge in [-0.1, -0.05) is 25.4 Å². The van der Waals surface area contributed by atoms with E-state index in [1.54, 1.807) is 0 Å². The molecule has 2 aromatic heterocycles. The molecule has 0 atom stereocenters. The Morgan fingerprint density at radius 3 is 2.50 bits per heavy atom. The SMILES string of the molecule is Cc1nn(Cc2c(Cl)c(C)nn2C)cc1CNC(C)C. The molecule has 0 radical (unpaired) electrons. The quantitative estimate of drug-likeness (QED) is 0.921. The van der Waals surface area contributed by atoms with Crippen molar-refractivity contribution >= 4 is 11.6 Å². The second-order valence-corrected chi connectivity index (χ2v) is 5.82. The third-order valence-corrected chi connectivity index (χ3v) is 3.81. The number of halogens is 1. The van der Waals surface area contributed by atoms with Crippen LogP contribution in [0.15, 0.2) is 6.20 Å². The normalized spacial score (nSPS) is 11.6.